The van der Waals surface area contributed by atoms with E-state index in [1.807, 2.05) is 0 Å². The summed E-state index contributed by atoms with van der Waals surface area (Å²) in [4.78, 5) is 32.7. The van der Waals surface area contributed by atoms with Crippen LogP contribution in [0.25, 0.3) is 11.5 Å². The van der Waals surface area contributed by atoms with E-state index in [1.54, 1.807) is 0 Å². The van der Waals surface area contributed by atoms with Crippen LogP contribution in [0.15, 0.2) is 35.5 Å². The maximum atomic E-state index is 16.3. The second-order valence-corrected chi connectivity index (χ2v) is 10.2. The van der Waals surface area contributed by atoms with Gasteiger partial charge in [0.05, 0.1) is 33.0 Å². The van der Waals surface area contributed by atoms with Crippen LogP contribution in [0.1, 0.15) is 46.9 Å². The summed E-state index contributed by atoms with van der Waals surface area (Å²) in [6, 6.07) is 1.42. The lowest BCUT2D eigenvalue weighted by Gasteiger charge is -2.23. The molecular weight excluding hydrogens is 584 g/mol. The van der Waals surface area contributed by atoms with Gasteiger partial charge in [-0.05, 0) is 32.3 Å². The summed E-state index contributed by atoms with van der Waals surface area (Å²) >= 11 is 6.28. The van der Waals surface area contributed by atoms with Crippen molar-refractivity contribution in [1.29, 1.82) is 0 Å². The molecule has 0 radical (unpaired) electrons. The summed E-state index contributed by atoms with van der Waals surface area (Å²) in [5, 5.41) is 5.94. The molecule has 0 atom stereocenters. The number of carbonyl (C=O) groups excluding carboxylic acids is 1. The highest BCUT2D eigenvalue weighted by Gasteiger charge is 2.31. The molecule has 0 saturated carbocycles. The van der Waals surface area contributed by atoms with Crippen molar-refractivity contribution in [3.63, 3.8) is 0 Å². The van der Waals surface area contributed by atoms with Gasteiger partial charge in [0.25, 0.3) is 5.56 Å². The van der Waals surface area contributed by atoms with Gasteiger partial charge in [-0.2, -0.15) is 5.10 Å². The van der Waals surface area contributed by atoms with E-state index < -0.39 is 69.1 Å². The van der Waals surface area contributed by atoms with Gasteiger partial charge in [-0.25, -0.2) is 31.8 Å². The molecule has 10 nitrogen and oxygen atoms in total. The lowest BCUT2D eigenvalue weighted by Crippen LogP contribution is -2.40. The fraction of sp³-hybridized carbons (Fsp3) is 0.296. The Kier molecular flexibility index (Phi) is 6.98. The van der Waals surface area contributed by atoms with E-state index in [0.29, 0.717) is 18.7 Å². The van der Waals surface area contributed by atoms with Gasteiger partial charge in [0.15, 0.2) is 23.3 Å². The molecule has 1 N–H and O–H groups in total. The molecule has 1 aliphatic rings. The number of nitrogens with one attached hydrogen (secondary N) is 1. The Morgan fingerprint density at radius 3 is 2.69 bits per heavy atom. The number of amides is 1. The standard InChI is InChI=1S/C27H23ClF4N6O4/c1-13(39)35-27(2,3)24-17(31)11-37(36-24)25-22(32)23-14(9-34-25)5-4-6-41-20-8-19(21(28)26(40)38(20)23)42-12-18-16(30)7-15(29)10-33-18/h7-11H,4-6,12H2,1-3H3,(H,35,39)/i12D2. The van der Waals surface area contributed by atoms with E-state index in [9.17, 15) is 22.8 Å². The molecule has 4 aromatic rings. The lowest BCUT2D eigenvalue weighted by molar-refractivity contribution is -0.120. The van der Waals surface area contributed by atoms with Gasteiger partial charge in [0.1, 0.15) is 34.5 Å². The van der Waals surface area contributed by atoms with Gasteiger partial charge < -0.3 is 14.8 Å². The van der Waals surface area contributed by atoms with Gasteiger partial charge in [0, 0.05) is 25.3 Å². The SMILES string of the molecule is [2H]C([2H])(Oc1cc2n(c(=O)c1Cl)-c1c(cnc(-n3cc(F)c(C(C)(C)NC(C)=O)n3)c1F)CCCO2)c1ncc(F)cc1F. The minimum Gasteiger partial charge on any atom is -0.485 e. The number of hydrogen-bond donors (Lipinski definition) is 1. The van der Waals surface area contributed by atoms with Crippen LogP contribution >= 0.6 is 11.6 Å². The van der Waals surface area contributed by atoms with Crippen molar-refractivity contribution in [3.8, 4) is 23.1 Å². The normalized spacial score (nSPS) is 14.0. The first kappa shape index (κ1) is 26.4. The molecular formula is C27H23ClF4N6O4. The van der Waals surface area contributed by atoms with Crippen molar-refractivity contribution < 1.29 is 34.6 Å². The van der Waals surface area contributed by atoms with Crippen LogP contribution in [0, 0.1) is 23.3 Å². The fourth-order valence-electron chi connectivity index (χ4n) is 4.44. The van der Waals surface area contributed by atoms with Crippen LogP contribution < -0.4 is 20.3 Å². The van der Waals surface area contributed by atoms with Crippen LogP contribution in [-0.2, 0) is 23.3 Å². The van der Waals surface area contributed by atoms with Crippen molar-refractivity contribution in [3.05, 3.63) is 86.3 Å². The number of ether oxygens (including phenoxy) is 2. The number of pyridine rings is 3. The van der Waals surface area contributed by atoms with Gasteiger partial charge in [0.2, 0.25) is 11.8 Å². The van der Waals surface area contributed by atoms with Crippen LogP contribution in [0.4, 0.5) is 17.6 Å². The van der Waals surface area contributed by atoms with Gasteiger partial charge in [-0.1, -0.05) is 11.6 Å². The van der Waals surface area contributed by atoms with Crippen LogP contribution in [0.5, 0.6) is 11.6 Å². The predicted molar refractivity (Wildman–Crippen MR) is 141 cm³/mol. The topological polar surface area (TPSA) is 113 Å². The zero-order valence-corrected chi connectivity index (χ0v) is 23.0. The summed E-state index contributed by atoms with van der Waals surface area (Å²) in [6.07, 6.45) is 3.30. The zero-order valence-electron chi connectivity index (χ0n) is 24.3. The minimum atomic E-state index is -3.03. The van der Waals surface area contributed by atoms with Crippen molar-refractivity contribution in [2.24, 2.45) is 0 Å². The van der Waals surface area contributed by atoms with Crippen LogP contribution in [0.2, 0.25) is 5.02 Å². The quantitative estimate of drug-likeness (QED) is 0.325. The number of fused-ring (bicyclic) bond motifs is 3. The Morgan fingerprint density at radius 2 is 1.98 bits per heavy atom. The van der Waals surface area contributed by atoms with E-state index in [2.05, 4.69) is 20.4 Å². The number of rotatable bonds is 6. The first-order valence-corrected chi connectivity index (χ1v) is 12.8. The molecule has 0 aromatic carbocycles. The largest absolute Gasteiger partial charge is 0.485 e. The Balaban J connectivity index is 1.63. The molecule has 5 heterocycles. The van der Waals surface area contributed by atoms with Crippen molar-refractivity contribution in [2.75, 3.05) is 6.61 Å². The van der Waals surface area contributed by atoms with Crippen LogP contribution in [0.3, 0.4) is 0 Å². The third-order valence-corrected chi connectivity index (χ3v) is 6.58. The number of aryl methyl sites for hydroxylation is 1. The van der Waals surface area contributed by atoms with Gasteiger partial charge >= 0.3 is 0 Å². The van der Waals surface area contributed by atoms with E-state index in [1.165, 1.54) is 27.0 Å². The molecule has 1 amide bonds. The highest BCUT2D eigenvalue weighted by Crippen LogP contribution is 2.34. The first-order chi connectivity index (χ1) is 20.6. The highest BCUT2D eigenvalue weighted by atomic mass is 35.5. The van der Waals surface area contributed by atoms with E-state index in [4.69, 9.17) is 23.8 Å². The van der Waals surface area contributed by atoms with E-state index in [0.717, 1.165) is 21.5 Å². The molecule has 1 aliphatic heterocycles. The molecule has 4 aromatic heterocycles. The molecule has 42 heavy (non-hydrogen) atoms. The molecule has 0 aliphatic carbocycles. The predicted octanol–water partition coefficient (Wildman–Crippen LogP) is 4.30. The number of carbonyl (C=O) groups is 1. The molecule has 220 valence electrons. The van der Waals surface area contributed by atoms with Crippen molar-refractivity contribution in [2.45, 2.75) is 45.7 Å². The number of aromatic nitrogens is 5. The average Bonchev–Trinajstić information content (AvgIpc) is 3.30. The van der Waals surface area contributed by atoms with Gasteiger partial charge in [-0.3, -0.25) is 14.6 Å². The lowest BCUT2D eigenvalue weighted by atomic mass is 10.0. The number of halogens is 5. The number of hydrogen-bond acceptors (Lipinski definition) is 7. The minimum absolute atomic E-state index is 0.0380. The summed E-state index contributed by atoms with van der Waals surface area (Å²) in [5.74, 6) is -6.19. The maximum absolute atomic E-state index is 16.3. The third-order valence-electron chi connectivity index (χ3n) is 6.23. The molecule has 0 unspecified atom stereocenters. The average molecular weight is 609 g/mol. The summed E-state index contributed by atoms with van der Waals surface area (Å²) in [6.45, 7) is 1.27. The first-order valence-electron chi connectivity index (χ1n) is 13.4. The maximum Gasteiger partial charge on any atom is 0.280 e. The molecule has 0 bridgehead atoms. The second kappa shape index (κ2) is 11.1. The molecule has 5 rings (SSSR count). The summed E-state index contributed by atoms with van der Waals surface area (Å²) in [7, 11) is 0. The second-order valence-electron chi connectivity index (χ2n) is 9.79. The monoisotopic (exact) mass is 608 g/mol. The third kappa shape index (κ3) is 5.41. The molecule has 0 spiro atoms. The number of nitrogens with zero attached hydrogens (tertiary/aromatic N) is 5. The Bertz CT molecular complexity index is 1870. The molecule has 0 saturated heterocycles. The summed E-state index contributed by atoms with van der Waals surface area (Å²) < 4.78 is 87.7. The highest BCUT2D eigenvalue weighted by molar-refractivity contribution is 6.31. The fourth-order valence-corrected chi connectivity index (χ4v) is 4.62. The smallest absolute Gasteiger partial charge is 0.280 e. The Labute approximate surface area is 243 Å². The van der Waals surface area contributed by atoms with E-state index in [-0.39, 0.29) is 35.9 Å². The summed E-state index contributed by atoms with van der Waals surface area (Å²) in [5.41, 5.74) is -3.55. The van der Waals surface area contributed by atoms with Crippen molar-refractivity contribution >= 4 is 17.5 Å². The van der Waals surface area contributed by atoms with E-state index >= 15 is 4.39 Å². The molecule has 15 heteroatoms. The van der Waals surface area contributed by atoms with Crippen molar-refractivity contribution in [1.82, 2.24) is 29.6 Å². The zero-order chi connectivity index (χ0) is 32.1. The van der Waals surface area contributed by atoms with Gasteiger partial charge in [-0.15, -0.1) is 0 Å². The Morgan fingerprint density at radius 1 is 1.21 bits per heavy atom. The van der Waals surface area contributed by atoms with Crippen LogP contribution in [-0.4, -0.2) is 36.8 Å². The Hall–Kier alpha value is -4.46. The molecule has 0 fully saturated rings.